The normalized spacial score (nSPS) is 19.4. The van der Waals surface area contributed by atoms with Gasteiger partial charge in [-0.15, -0.1) is 0 Å². The van der Waals surface area contributed by atoms with Crippen LogP contribution in [0.15, 0.2) is 42.7 Å². The van der Waals surface area contributed by atoms with Gasteiger partial charge in [0.15, 0.2) is 0 Å². The van der Waals surface area contributed by atoms with Crippen LogP contribution >= 0.6 is 0 Å². The van der Waals surface area contributed by atoms with Crippen LogP contribution in [-0.4, -0.2) is 64.8 Å². The first-order valence-electron chi connectivity index (χ1n) is 9.34. The first kappa shape index (κ1) is 18.1. The minimum absolute atomic E-state index is 0.562. The number of ether oxygens (including phenoxy) is 1. The van der Waals surface area contributed by atoms with Crippen LogP contribution in [0.5, 0.6) is 0 Å². The summed E-state index contributed by atoms with van der Waals surface area (Å²) in [5.74, 6) is 1.15. The molecular formula is C20H30N4O. The van der Waals surface area contributed by atoms with Crippen molar-refractivity contribution in [3.05, 3.63) is 54.1 Å². The molecule has 5 heteroatoms. The van der Waals surface area contributed by atoms with Gasteiger partial charge in [-0.05, 0) is 19.4 Å². The van der Waals surface area contributed by atoms with Crippen molar-refractivity contribution in [1.29, 1.82) is 0 Å². The number of piperazine rings is 1. The van der Waals surface area contributed by atoms with Crippen molar-refractivity contribution in [1.82, 2.24) is 19.4 Å². The van der Waals surface area contributed by atoms with E-state index >= 15 is 0 Å². The Balaban J connectivity index is 1.53. The maximum absolute atomic E-state index is 5.50. The highest BCUT2D eigenvalue weighted by Crippen LogP contribution is 2.13. The third-order valence-electron chi connectivity index (χ3n) is 4.94. The molecule has 2 heterocycles. The molecule has 1 aliphatic rings. The first-order chi connectivity index (χ1) is 12.3. The Morgan fingerprint density at radius 2 is 2.00 bits per heavy atom. The Labute approximate surface area is 151 Å². The largest absolute Gasteiger partial charge is 0.380 e. The van der Waals surface area contributed by atoms with Gasteiger partial charge in [0.2, 0.25) is 0 Å². The summed E-state index contributed by atoms with van der Waals surface area (Å²) < 4.78 is 7.77. The molecule has 0 bridgehead atoms. The van der Waals surface area contributed by atoms with Gasteiger partial charge >= 0.3 is 0 Å². The van der Waals surface area contributed by atoms with Crippen LogP contribution in [-0.2, 0) is 17.8 Å². The number of aromatic nitrogens is 2. The zero-order valence-electron chi connectivity index (χ0n) is 15.5. The Morgan fingerprint density at radius 1 is 1.16 bits per heavy atom. The summed E-state index contributed by atoms with van der Waals surface area (Å²) in [5, 5.41) is 0. The SMILES string of the molecule is CCOCCN1CCN(Cc2nccn2Cc2ccccc2)C[C@H]1C. The van der Waals surface area contributed by atoms with Gasteiger partial charge in [0.05, 0.1) is 13.2 Å². The standard InChI is InChI=1S/C20H30N4O/c1-3-25-14-13-23-12-11-22(15-18(23)2)17-20-21-9-10-24(20)16-19-7-5-4-6-8-19/h4-10,18H,3,11-17H2,1-2H3/t18-/m1/s1. The van der Waals surface area contributed by atoms with Crippen LogP contribution in [0.2, 0.25) is 0 Å². The highest BCUT2D eigenvalue weighted by Gasteiger charge is 2.24. The third kappa shape index (κ3) is 5.14. The quantitative estimate of drug-likeness (QED) is 0.690. The van der Waals surface area contributed by atoms with Crippen molar-refractivity contribution in [2.45, 2.75) is 33.0 Å². The summed E-state index contributed by atoms with van der Waals surface area (Å²) in [4.78, 5) is 9.65. The molecule has 1 aromatic carbocycles. The fourth-order valence-corrected chi connectivity index (χ4v) is 3.49. The summed E-state index contributed by atoms with van der Waals surface area (Å²) in [7, 11) is 0. The van der Waals surface area contributed by atoms with E-state index in [1.54, 1.807) is 0 Å². The molecule has 5 nitrogen and oxygen atoms in total. The highest BCUT2D eigenvalue weighted by molar-refractivity contribution is 5.15. The van der Waals surface area contributed by atoms with Gasteiger partial charge in [-0.1, -0.05) is 30.3 Å². The van der Waals surface area contributed by atoms with E-state index in [-0.39, 0.29) is 0 Å². The minimum Gasteiger partial charge on any atom is -0.380 e. The molecule has 1 saturated heterocycles. The van der Waals surface area contributed by atoms with E-state index in [9.17, 15) is 0 Å². The molecule has 0 radical (unpaired) electrons. The van der Waals surface area contributed by atoms with Crippen molar-refractivity contribution >= 4 is 0 Å². The maximum Gasteiger partial charge on any atom is 0.123 e. The van der Waals surface area contributed by atoms with Gasteiger partial charge < -0.3 is 9.30 Å². The second-order valence-corrected chi connectivity index (χ2v) is 6.77. The zero-order chi connectivity index (χ0) is 17.5. The van der Waals surface area contributed by atoms with E-state index < -0.39 is 0 Å². The summed E-state index contributed by atoms with van der Waals surface area (Å²) >= 11 is 0. The molecule has 2 aromatic rings. The van der Waals surface area contributed by atoms with Gasteiger partial charge in [0.1, 0.15) is 5.82 Å². The van der Waals surface area contributed by atoms with Crippen LogP contribution in [0.4, 0.5) is 0 Å². The first-order valence-corrected chi connectivity index (χ1v) is 9.34. The van der Waals surface area contributed by atoms with E-state index in [0.717, 1.165) is 58.3 Å². The van der Waals surface area contributed by atoms with Crippen LogP contribution in [0.25, 0.3) is 0 Å². The molecule has 0 spiro atoms. The Hall–Kier alpha value is -1.69. The number of hydrogen-bond acceptors (Lipinski definition) is 4. The molecule has 1 atom stereocenters. The second-order valence-electron chi connectivity index (χ2n) is 6.77. The predicted octanol–water partition coefficient (Wildman–Crippen LogP) is 2.47. The molecule has 136 valence electrons. The molecule has 0 aliphatic carbocycles. The van der Waals surface area contributed by atoms with Crippen molar-refractivity contribution < 1.29 is 4.74 Å². The number of imidazole rings is 1. The molecule has 0 unspecified atom stereocenters. The molecule has 25 heavy (non-hydrogen) atoms. The van der Waals surface area contributed by atoms with E-state index in [2.05, 4.69) is 69.7 Å². The molecular weight excluding hydrogens is 312 g/mol. The summed E-state index contributed by atoms with van der Waals surface area (Å²) in [6.45, 7) is 12.1. The Kier molecular flexibility index (Phi) is 6.62. The lowest BCUT2D eigenvalue weighted by Gasteiger charge is -2.39. The van der Waals surface area contributed by atoms with Gasteiger partial charge in [-0.25, -0.2) is 4.98 Å². The van der Waals surface area contributed by atoms with E-state index in [1.807, 2.05) is 6.20 Å². The topological polar surface area (TPSA) is 33.5 Å². The maximum atomic E-state index is 5.50. The predicted molar refractivity (Wildman–Crippen MR) is 101 cm³/mol. The van der Waals surface area contributed by atoms with Crippen LogP contribution in [0, 0.1) is 0 Å². The third-order valence-corrected chi connectivity index (χ3v) is 4.94. The fraction of sp³-hybridized carbons (Fsp3) is 0.550. The molecule has 0 amide bonds. The fourth-order valence-electron chi connectivity index (χ4n) is 3.49. The molecule has 0 saturated carbocycles. The molecule has 1 aromatic heterocycles. The van der Waals surface area contributed by atoms with Crippen molar-refractivity contribution in [2.75, 3.05) is 39.4 Å². The number of hydrogen-bond donors (Lipinski definition) is 0. The van der Waals surface area contributed by atoms with Crippen LogP contribution in [0.3, 0.4) is 0 Å². The lowest BCUT2D eigenvalue weighted by Crippen LogP contribution is -2.52. The number of benzene rings is 1. The lowest BCUT2D eigenvalue weighted by molar-refractivity contribution is 0.0454. The second kappa shape index (κ2) is 9.13. The average molecular weight is 342 g/mol. The van der Waals surface area contributed by atoms with Gasteiger partial charge in [-0.3, -0.25) is 9.80 Å². The van der Waals surface area contributed by atoms with Gasteiger partial charge in [-0.2, -0.15) is 0 Å². The molecule has 0 N–H and O–H groups in total. The average Bonchev–Trinajstić information content (AvgIpc) is 3.05. The Bertz CT molecular complexity index is 628. The van der Waals surface area contributed by atoms with Crippen molar-refractivity contribution in [3.8, 4) is 0 Å². The molecule has 1 aliphatic heterocycles. The summed E-state index contributed by atoms with van der Waals surface area (Å²) in [5.41, 5.74) is 1.32. The monoisotopic (exact) mass is 342 g/mol. The van der Waals surface area contributed by atoms with Crippen LogP contribution < -0.4 is 0 Å². The van der Waals surface area contributed by atoms with Crippen molar-refractivity contribution in [2.24, 2.45) is 0 Å². The smallest absolute Gasteiger partial charge is 0.123 e. The van der Waals surface area contributed by atoms with Gasteiger partial charge in [0.25, 0.3) is 0 Å². The van der Waals surface area contributed by atoms with Gasteiger partial charge in [0, 0.05) is 57.8 Å². The molecule has 3 rings (SSSR count). The zero-order valence-corrected chi connectivity index (χ0v) is 15.5. The molecule has 1 fully saturated rings. The van der Waals surface area contributed by atoms with E-state index in [4.69, 9.17) is 4.74 Å². The summed E-state index contributed by atoms with van der Waals surface area (Å²) in [6.07, 6.45) is 4.00. The van der Waals surface area contributed by atoms with Crippen LogP contribution in [0.1, 0.15) is 25.2 Å². The highest BCUT2D eigenvalue weighted by atomic mass is 16.5. The Morgan fingerprint density at radius 3 is 2.76 bits per heavy atom. The van der Waals surface area contributed by atoms with E-state index in [1.165, 1.54) is 5.56 Å². The lowest BCUT2D eigenvalue weighted by atomic mass is 10.2. The van der Waals surface area contributed by atoms with Crippen molar-refractivity contribution in [3.63, 3.8) is 0 Å². The minimum atomic E-state index is 0.562. The van der Waals surface area contributed by atoms with E-state index in [0.29, 0.717) is 6.04 Å². The number of nitrogens with zero attached hydrogens (tertiary/aromatic N) is 4. The summed E-state index contributed by atoms with van der Waals surface area (Å²) in [6, 6.07) is 11.1. The number of rotatable bonds is 8.